The predicted molar refractivity (Wildman–Crippen MR) is 54.5 cm³/mol. The van der Waals surface area contributed by atoms with E-state index in [-0.39, 0.29) is 19.0 Å². The molecule has 0 radical (unpaired) electrons. The standard InChI is InChI=1S/C6H10FNO.2C2H6/c1-5(9)8-3-6(2,7)4-8;2*1-2/h3-4H2,1-2H3;2*1-2H3. The Morgan fingerprint density at radius 2 is 1.54 bits per heavy atom. The molecule has 0 aromatic heterocycles. The maximum absolute atomic E-state index is 12.6. The van der Waals surface area contributed by atoms with Crippen molar-refractivity contribution in [2.45, 2.75) is 47.2 Å². The summed E-state index contributed by atoms with van der Waals surface area (Å²) in [5.74, 6) is -0.0369. The first-order valence-corrected chi connectivity index (χ1v) is 4.96. The Kier molecular flexibility index (Phi) is 7.87. The molecule has 0 unspecified atom stereocenters. The first-order chi connectivity index (χ1) is 6.01. The second-order valence-corrected chi connectivity index (χ2v) is 2.79. The Bertz CT molecular complexity index is 138. The Morgan fingerprint density at radius 1 is 1.23 bits per heavy atom. The molecule has 0 aliphatic carbocycles. The lowest BCUT2D eigenvalue weighted by molar-refractivity contribution is -0.141. The van der Waals surface area contributed by atoms with E-state index in [1.54, 1.807) is 0 Å². The lowest BCUT2D eigenvalue weighted by Gasteiger charge is -2.41. The first-order valence-electron chi connectivity index (χ1n) is 4.96. The average Bonchev–Trinajstić information content (AvgIpc) is 2.07. The third-order valence-corrected chi connectivity index (χ3v) is 1.49. The van der Waals surface area contributed by atoms with Gasteiger partial charge in [0.1, 0.15) is 5.67 Å². The molecule has 1 aliphatic rings. The van der Waals surface area contributed by atoms with Crippen molar-refractivity contribution in [3.63, 3.8) is 0 Å². The summed E-state index contributed by atoms with van der Waals surface area (Å²) < 4.78 is 12.6. The monoisotopic (exact) mass is 191 g/mol. The van der Waals surface area contributed by atoms with Crippen LogP contribution in [-0.2, 0) is 4.79 Å². The maximum atomic E-state index is 12.6. The molecule has 1 amide bonds. The first kappa shape index (κ1) is 14.9. The topological polar surface area (TPSA) is 20.3 Å². The van der Waals surface area contributed by atoms with E-state index >= 15 is 0 Å². The van der Waals surface area contributed by atoms with Gasteiger partial charge in [-0.2, -0.15) is 0 Å². The Balaban J connectivity index is 0. The van der Waals surface area contributed by atoms with Gasteiger partial charge in [0.15, 0.2) is 0 Å². The minimum Gasteiger partial charge on any atom is -0.336 e. The van der Waals surface area contributed by atoms with E-state index in [0.717, 1.165) is 0 Å². The number of likely N-dealkylation sites (tertiary alicyclic amines) is 1. The molecule has 0 spiro atoms. The predicted octanol–water partition coefficient (Wildman–Crippen LogP) is 2.63. The Labute approximate surface area is 81.1 Å². The minimum absolute atomic E-state index is 0.0369. The quantitative estimate of drug-likeness (QED) is 0.576. The zero-order chi connectivity index (χ0) is 11.1. The number of hydrogen-bond donors (Lipinski definition) is 0. The van der Waals surface area contributed by atoms with Crippen LogP contribution in [0.4, 0.5) is 4.39 Å². The van der Waals surface area contributed by atoms with Crippen LogP contribution >= 0.6 is 0 Å². The summed E-state index contributed by atoms with van der Waals surface area (Å²) in [5.41, 5.74) is -1.12. The number of rotatable bonds is 0. The van der Waals surface area contributed by atoms with Gasteiger partial charge in [-0.3, -0.25) is 4.79 Å². The minimum atomic E-state index is -1.12. The fraction of sp³-hybridized carbons (Fsp3) is 0.900. The van der Waals surface area contributed by atoms with E-state index in [1.807, 2.05) is 27.7 Å². The molecule has 1 rings (SSSR count). The van der Waals surface area contributed by atoms with Crippen molar-refractivity contribution in [3.8, 4) is 0 Å². The summed E-state index contributed by atoms with van der Waals surface area (Å²) in [4.78, 5) is 12.0. The lowest BCUT2D eigenvalue weighted by Crippen LogP contribution is -2.58. The maximum Gasteiger partial charge on any atom is 0.219 e. The number of amides is 1. The van der Waals surface area contributed by atoms with Gasteiger partial charge in [-0.05, 0) is 6.92 Å². The molecule has 1 fully saturated rings. The number of halogens is 1. The van der Waals surface area contributed by atoms with E-state index in [2.05, 4.69) is 0 Å². The van der Waals surface area contributed by atoms with Crippen LogP contribution in [0.15, 0.2) is 0 Å². The van der Waals surface area contributed by atoms with Crippen LogP contribution in [0.5, 0.6) is 0 Å². The van der Waals surface area contributed by atoms with Crippen molar-refractivity contribution in [1.29, 1.82) is 0 Å². The van der Waals surface area contributed by atoms with Gasteiger partial charge >= 0.3 is 0 Å². The SMILES string of the molecule is CC.CC.CC(=O)N1CC(C)(F)C1. The van der Waals surface area contributed by atoms with Crippen molar-refractivity contribution in [2.75, 3.05) is 13.1 Å². The van der Waals surface area contributed by atoms with Gasteiger partial charge in [0.2, 0.25) is 5.91 Å². The highest BCUT2D eigenvalue weighted by Crippen LogP contribution is 2.23. The van der Waals surface area contributed by atoms with Crippen LogP contribution in [-0.4, -0.2) is 29.6 Å². The normalized spacial score (nSPS) is 17.0. The zero-order valence-corrected chi connectivity index (χ0v) is 9.65. The Morgan fingerprint density at radius 3 is 1.62 bits per heavy atom. The van der Waals surface area contributed by atoms with Crippen LogP contribution in [0.25, 0.3) is 0 Å². The third-order valence-electron chi connectivity index (χ3n) is 1.49. The van der Waals surface area contributed by atoms with Crippen molar-refractivity contribution < 1.29 is 9.18 Å². The van der Waals surface area contributed by atoms with Crippen LogP contribution in [0.1, 0.15) is 41.5 Å². The molecule has 1 aliphatic heterocycles. The fourth-order valence-electron chi connectivity index (χ4n) is 0.972. The summed E-state index contributed by atoms with van der Waals surface area (Å²) in [6, 6.07) is 0. The molecular formula is C10H22FNO. The Hall–Kier alpha value is -0.600. The van der Waals surface area contributed by atoms with Gasteiger partial charge in [-0.25, -0.2) is 4.39 Å². The third kappa shape index (κ3) is 5.61. The highest BCUT2D eigenvalue weighted by Gasteiger charge is 2.39. The van der Waals surface area contributed by atoms with Gasteiger partial charge in [0.05, 0.1) is 13.1 Å². The van der Waals surface area contributed by atoms with E-state index < -0.39 is 5.67 Å². The molecule has 0 saturated carbocycles. The molecule has 0 bridgehead atoms. The molecule has 1 heterocycles. The summed E-state index contributed by atoms with van der Waals surface area (Å²) in [7, 11) is 0. The molecule has 0 N–H and O–H groups in total. The molecule has 0 atom stereocenters. The number of carbonyl (C=O) groups excluding carboxylic acids is 1. The highest BCUT2D eigenvalue weighted by atomic mass is 19.1. The summed E-state index contributed by atoms with van der Waals surface area (Å²) in [5, 5.41) is 0. The molecule has 3 heteroatoms. The second-order valence-electron chi connectivity index (χ2n) is 2.79. The fourth-order valence-corrected chi connectivity index (χ4v) is 0.972. The van der Waals surface area contributed by atoms with Gasteiger partial charge in [-0.15, -0.1) is 0 Å². The summed E-state index contributed by atoms with van der Waals surface area (Å²) in [6.45, 7) is 11.5. The molecule has 0 aromatic rings. The van der Waals surface area contributed by atoms with E-state index in [0.29, 0.717) is 0 Å². The zero-order valence-electron chi connectivity index (χ0n) is 9.65. The van der Waals surface area contributed by atoms with Crippen molar-refractivity contribution >= 4 is 5.91 Å². The van der Waals surface area contributed by atoms with Crippen molar-refractivity contribution in [2.24, 2.45) is 0 Å². The molecule has 80 valence electrons. The van der Waals surface area contributed by atoms with Gasteiger partial charge < -0.3 is 4.90 Å². The van der Waals surface area contributed by atoms with E-state index in [4.69, 9.17) is 0 Å². The van der Waals surface area contributed by atoms with Crippen LogP contribution < -0.4 is 0 Å². The highest BCUT2D eigenvalue weighted by molar-refractivity contribution is 5.74. The molecule has 1 saturated heterocycles. The second kappa shape index (κ2) is 6.87. The van der Waals surface area contributed by atoms with Crippen LogP contribution in [0, 0.1) is 0 Å². The number of alkyl halides is 1. The smallest absolute Gasteiger partial charge is 0.219 e. The molecule has 2 nitrogen and oxygen atoms in total. The summed E-state index contributed by atoms with van der Waals surface area (Å²) >= 11 is 0. The van der Waals surface area contributed by atoms with Crippen molar-refractivity contribution in [3.05, 3.63) is 0 Å². The lowest BCUT2D eigenvalue weighted by atomic mass is 9.99. The van der Waals surface area contributed by atoms with Gasteiger partial charge in [0.25, 0.3) is 0 Å². The van der Waals surface area contributed by atoms with Gasteiger partial charge in [-0.1, -0.05) is 27.7 Å². The largest absolute Gasteiger partial charge is 0.336 e. The van der Waals surface area contributed by atoms with Crippen LogP contribution in [0.3, 0.4) is 0 Å². The van der Waals surface area contributed by atoms with Gasteiger partial charge in [0, 0.05) is 6.92 Å². The molecule has 0 aromatic carbocycles. The molecular weight excluding hydrogens is 169 g/mol. The number of carbonyl (C=O) groups is 1. The van der Waals surface area contributed by atoms with Crippen LogP contribution in [0.2, 0.25) is 0 Å². The van der Waals surface area contributed by atoms with E-state index in [1.165, 1.54) is 18.7 Å². The molecule has 13 heavy (non-hydrogen) atoms. The number of nitrogens with zero attached hydrogens (tertiary/aromatic N) is 1. The van der Waals surface area contributed by atoms with Crippen molar-refractivity contribution in [1.82, 2.24) is 4.90 Å². The number of hydrogen-bond acceptors (Lipinski definition) is 1. The average molecular weight is 191 g/mol. The summed E-state index contributed by atoms with van der Waals surface area (Å²) in [6.07, 6.45) is 0. The van der Waals surface area contributed by atoms with E-state index in [9.17, 15) is 9.18 Å².